The minimum Gasteiger partial charge on any atom is -0.463 e. The highest BCUT2D eigenvalue weighted by atomic mass is 19.1. The van der Waals surface area contributed by atoms with Gasteiger partial charge >= 0.3 is 0 Å². The fraction of sp³-hybridized carbons (Fsp3) is 0.269. The van der Waals surface area contributed by atoms with Crippen molar-refractivity contribution >= 4 is 23.2 Å². The van der Waals surface area contributed by atoms with Crippen LogP contribution in [0, 0.1) is 5.82 Å². The molecule has 1 saturated heterocycles. The van der Waals surface area contributed by atoms with E-state index in [-0.39, 0.29) is 17.1 Å². The second-order valence-electron chi connectivity index (χ2n) is 9.19. The average molecular weight is 516 g/mol. The summed E-state index contributed by atoms with van der Waals surface area (Å²) < 4.78 is 22.1. The molecule has 0 radical (unpaired) electrons. The molecule has 6 rings (SSSR count). The van der Waals surface area contributed by atoms with Crippen molar-refractivity contribution in [2.24, 2.45) is 5.73 Å². The molecule has 1 atom stereocenters. The summed E-state index contributed by atoms with van der Waals surface area (Å²) in [5, 5.41) is 7.84. The van der Waals surface area contributed by atoms with Crippen molar-refractivity contribution in [3.05, 3.63) is 66.2 Å². The lowest BCUT2D eigenvalue weighted by atomic mass is 10.1. The number of hydrogen-bond acceptors (Lipinski definition) is 9. The third-order valence-electron chi connectivity index (χ3n) is 6.75. The molecule has 0 bridgehead atoms. The van der Waals surface area contributed by atoms with Crippen molar-refractivity contribution in [2.75, 3.05) is 36.0 Å². The number of nitrogens with zero attached hydrogens (tertiary/aromatic N) is 7. The van der Waals surface area contributed by atoms with E-state index in [9.17, 15) is 9.18 Å². The molecule has 2 aliphatic heterocycles. The zero-order chi connectivity index (χ0) is 26.4. The second-order valence-corrected chi connectivity index (χ2v) is 9.19. The van der Waals surface area contributed by atoms with E-state index in [1.807, 2.05) is 18.3 Å². The molecule has 0 aliphatic carbocycles. The first-order valence-electron chi connectivity index (χ1n) is 12.3. The van der Waals surface area contributed by atoms with Gasteiger partial charge in [-0.25, -0.2) is 18.9 Å². The van der Waals surface area contributed by atoms with E-state index in [2.05, 4.69) is 30.3 Å². The summed E-state index contributed by atoms with van der Waals surface area (Å²) in [6.07, 6.45) is 4.83. The van der Waals surface area contributed by atoms with Crippen molar-refractivity contribution < 1.29 is 13.9 Å². The van der Waals surface area contributed by atoms with Crippen LogP contribution in [-0.2, 0) is 9.53 Å². The van der Waals surface area contributed by atoms with Gasteiger partial charge in [-0.05, 0) is 44.2 Å². The molecule has 4 aromatic rings. The molecule has 12 heteroatoms. The number of amides is 1. The van der Waals surface area contributed by atoms with Gasteiger partial charge in [0, 0.05) is 61.6 Å². The molecular weight excluding hydrogens is 489 g/mol. The maximum atomic E-state index is 14.9. The van der Waals surface area contributed by atoms with Crippen molar-refractivity contribution in [3.63, 3.8) is 0 Å². The van der Waals surface area contributed by atoms with Gasteiger partial charge in [-0.3, -0.25) is 4.79 Å². The second kappa shape index (κ2) is 9.38. The van der Waals surface area contributed by atoms with Crippen LogP contribution in [-0.4, -0.2) is 62.9 Å². The predicted octanol–water partition coefficient (Wildman–Crippen LogP) is 2.30. The quantitative estimate of drug-likeness (QED) is 0.412. The van der Waals surface area contributed by atoms with Crippen LogP contribution < -0.4 is 20.9 Å². The number of nitrogens with one attached hydrogen (secondary N) is 1. The Balaban J connectivity index is 1.31. The number of piperazine rings is 1. The van der Waals surface area contributed by atoms with E-state index in [0.717, 1.165) is 43.1 Å². The highest BCUT2D eigenvalue weighted by Gasteiger charge is 2.32. The first-order chi connectivity index (χ1) is 18.4. The van der Waals surface area contributed by atoms with Gasteiger partial charge in [0.2, 0.25) is 5.76 Å². The largest absolute Gasteiger partial charge is 0.463 e. The van der Waals surface area contributed by atoms with Crippen LogP contribution in [0.5, 0.6) is 0 Å². The van der Waals surface area contributed by atoms with Gasteiger partial charge in [-0.2, -0.15) is 4.98 Å². The third kappa shape index (κ3) is 4.18. The highest BCUT2D eigenvalue weighted by Crippen LogP contribution is 2.34. The maximum absolute atomic E-state index is 14.9. The van der Waals surface area contributed by atoms with E-state index in [4.69, 9.17) is 10.5 Å². The first kappa shape index (κ1) is 23.8. The zero-order valence-electron chi connectivity index (χ0n) is 20.9. The molecule has 0 spiro atoms. The Hall–Kier alpha value is -4.58. The van der Waals surface area contributed by atoms with Gasteiger partial charge in [-0.1, -0.05) is 0 Å². The van der Waals surface area contributed by atoms with E-state index < -0.39 is 18.0 Å². The predicted molar refractivity (Wildman–Crippen MR) is 139 cm³/mol. The number of anilines is 2. The number of halogens is 1. The lowest BCUT2D eigenvalue weighted by Crippen LogP contribution is -2.43. The SMILES string of the molecule is CC1=C(C(N)=O)OC(C)N1c1ccc(F)c(-c2nc3ncc(-c4ccc(N5CCNCC5)nc4)cn3n2)c1. The summed E-state index contributed by atoms with van der Waals surface area (Å²) in [6.45, 7) is 7.24. The Bertz CT molecular complexity index is 1560. The van der Waals surface area contributed by atoms with Crippen LogP contribution >= 0.6 is 0 Å². The fourth-order valence-corrected chi connectivity index (χ4v) is 4.85. The fourth-order valence-electron chi connectivity index (χ4n) is 4.85. The monoisotopic (exact) mass is 515 g/mol. The molecule has 194 valence electrons. The third-order valence-corrected chi connectivity index (χ3v) is 6.75. The molecule has 1 amide bonds. The normalized spacial score (nSPS) is 17.8. The van der Waals surface area contributed by atoms with Gasteiger partial charge in [0.1, 0.15) is 11.6 Å². The van der Waals surface area contributed by atoms with Gasteiger partial charge in [0.25, 0.3) is 11.7 Å². The number of rotatable bonds is 5. The number of carbonyl (C=O) groups excluding carboxylic acids is 1. The summed E-state index contributed by atoms with van der Waals surface area (Å²) in [4.78, 5) is 29.2. The Morgan fingerprint density at radius 2 is 1.92 bits per heavy atom. The number of hydrogen-bond donors (Lipinski definition) is 2. The number of primary amides is 1. The lowest BCUT2D eigenvalue weighted by molar-refractivity contribution is -0.118. The molecular formula is C26H26FN9O2. The van der Waals surface area contributed by atoms with E-state index in [1.54, 1.807) is 43.3 Å². The number of allylic oxidation sites excluding steroid dienone is 1. The summed E-state index contributed by atoms with van der Waals surface area (Å²) in [5.74, 6) is 0.406. The molecule has 2 aliphatic rings. The van der Waals surface area contributed by atoms with Crippen LogP contribution in [0.25, 0.3) is 28.3 Å². The van der Waals surface area contributed by atoms with Crippen LogP contribution in [0.2, 0.25) is 0 Å². The lowest BCUT2D eigenvalue weighted by Gasteiger charge is -2.28. The minimum atomic E-state index is -0.656. The van der Waals surface area contributed by atoms with E-state index >= 15 is 0 Å². The highest BCUT2D eigenvalue weighted by molar-refractivity contribution is 5.92. The van der Waals surface area contributed by atoms with Crippen LogP contribution in [0.4, 0.5) is 15.9 Å². The van der Waals surface area contributed by atoms with Crippen LogP contribution in [0.1, 0.15) is 13.8 Å². The Morgan fingerprint density at radius 1 is 1.13 bits per heavy atom. The first-order valence-corrected chi connectivity index (χ1v) is 12.3. The molecule has 3 N–H and O–H groups in total. The summed E-state index contributed by atoms with van der Waals surface area (Å²) in [7, 11) is 0. The Morgan fingerprint density at radius 3 is 2.63 bits per heavy atom. The number of ether oxygens (including phenoxy) is 1. The van der Waals surface area contributed by atoms with Crippen LogP contribution in [0.15, 0.2) is 60.4 Å². The number of carbonyl (C=O) groups is 1. The van der Waals surface area contributed by atoms with Crippen LogP contribution in [0.3, 0.4) is 0 Å². The smallest absolute Gasteiger partial charge is 0.285 e. The van der Waals surface area contributed by atoms with Crippen molar-refractivity contribution in [1.82, 2.24) is 29.9 Å². The summed E-state index contributed by atoms with van der Waals surface area (Å²) in [5.41, 5.74) is 8.49. The van der Waals surface area contributed by atoms with Gasteiger partial charge in [-0.15, -0.1) is 5.10 Å². The number of pyridine rings is 1. The Kier molecular flexibility index (Phi) is 5.87. The number of benzene rings is 1. The average Bonchev–Trinajstić information content (AvgIpc) is 3.49. The standard InChI is InChI=1S/C26H26FN9O2/c1-15-23(24(28)37)38-16(2)36(15)19-4-5-21(27)20(11-19)25-32-26-31-13-18(14-35(26)33-25)17-3-6-22(30-12-17)34-9-7-29-8-10-34/h3-6,11-14,16,29H,7-10H2,1-2H3,(H2,28,37). The molecule has 1 unspecified atom stereocenters. The number of aromatic nitrogens is 5. The summed E-state index contributed by atoms with van der Waals surface area (Å²) >= 11 is 0. The molecule has 0 saturated carbocycles. The maximum Gasteiger partial charge on any atom is 0.285 e. The van der Waals surface area contributed by atoms with Gasteiger partial charge < -0.3 is 25.6 Å². The molecule has 1 aromatic carbocycles. The minimum absolute atomic E-state index is 0.0846. The summed E-state index contributed by atoms with van der Waals surface area (Å²) in [6, 6.07) is 8.57. The Labute approximate surface area is 217 Å². The topological polar surface area (TPSA) is 127 Å². The molecule has 3 aromatic heterocycles. The van der Waals surface area contributed by atoms with Crippen molar-refractivity contribution in [1.29, 1.82) is 0 Å². The molecule has 5 heterocycles. The van der Waals surface area contributed by atoms with E-state index in [1.165, 1.54) is 10.6 Å². The molecule has 1 fully saturated rings. The zero-order valence-corrected chi connectivity index (χ0v) is 20.9. The van der Waals surface area contributed by atoms with Gasteiger partial charge in [0.15, 0.2) is 12.1 Å². The van der Waals surface area contributed by atoms with Crippen molar-refractivity contribution in [2.45, 2.75) is 20.1 Å². The van der Waals surface area contributed by atoms with E-state index in [0.29, 0.717) is 17.2 Å². The molecule has 38 heavy (non-hydrogen) atoms. The number of nitrogens with two attached hydrogens (primary N) is 1. The number of fused-ring (bicyclic) bond motifs is 1. The molecule has 11 nitrogen and oxygen atoms in total. The van der Waals surface area contributed by atoms with Gasteiger partial charge in [0.05, 0.1) is 11.3 Å². The van der Waals surface area contributed by atoms with Crippen molar-refractivity contribution in [3.8, 4) is 22.5 Å².